The minimum atomic E-state index is 0.568. The predicted octanol–water partition coefficient (Wildman–Crippen LogP) is 2.10. The fourth-order valence-corrected chi connectivity index (χ4v) is 1.89. The van der Waals surface area contributed by atoms with Gasteiger partial charge in [0.15, 0.2) is 5.82 Å². The molecule has 0 atom stereocenters. The fraction of sp³-hybridized carbons (Fsp3) is 0.214. The summed E-state index contributed by atoms with van der Waals surface area (Å²) in [5.41, 5.74) is 1.28. The van der Waals surface area contributed by atoms with Crippen LogP contribution in [0.25, 0.3) is 0 Å². The average molecular weight is 254 g/mol. The second kappa shape index (κ2) is 5.48. The fourth-order valence-electron chi connectivity index (χ4n) is 1.89. The van der Waals surface area contributed by atoms with Crippen molar-refractivity contribution in [2.24, 2.45) is 0 Å². The van der Waals surface area contributed by atoms with Crippen molar-refractivity contribution >= 4 is 0 Å². The maximum absolute atomic E-state index is 5.22. The lowest BCUT2D eigenvalue weighted by Crippen LogP contribution is -1.97. The van der Waals surface area contributed by atoms with Gasteiger partial charge in [-0.25, -0.2) is 4.98 Å². The number of aryl methyl sites for hydroxylation is 2. The van der Waals surface area contributed by atoms with Gasteiger partial charge in [-0.15, -0.1) is 0 Å². The molecule has 96 valence electrons. The number of rotatable bonds is 5. The van der Waals surface area contributed by atoms with Gasteiger partial charge < -0.3 is 9.09 Å². The van der Waals surface area contributed by atoms with Crippen LogP contribution >= 0.6 is 0 Å². The molecule has 2 aromatic heterocycles. The molecule has 1 aromatic carbocycles. The second-order valence-corrected chi connectivity index (χ2v) is 4.32. The van der Waals surface area contributed by atoms with Crippen molar-refractivity contribution in [2.45, 2.75) is 19.4 Å². The molecule has 0 aliphatic heterocycles. The minimum absolute atomic E-state index is 0.568. The van der Waals surface area contributed by atoms with E-state index in [4.69, 9.17) is 4.52 Å². The molecule has 5 nitrogen and oxygen atoms in total. The van der Waals surface area contributed by atoms with E-state index >= 15 is 0 Å². The molecule has 0 amide bonds. The second-order valence-electron chi connectivity index (χ2n) is 4.32. The molecule has 0 saturated carbocycles. The average Bonchev–Trinajstić information content (AvgIpc) is 3.10. The highest BCUT2D eigenvalue weighted by Gasteiger charge is 2.06. The van der Waals surface area contributed by atoms with Gasteiger partial charge in [0.1, 0.15) is 6.54 Å². The van der Waals surface area contributed by atoms with Crippen molar-refractivity contribution in [3.63, 3.8) is 0 Å². The maximum atomic E-state index is 5.22. The van der Waals surface area contributed by atoms with Gasteiger partial charge in [0, 0.05) is 18.8 Å². The third kappa shape index (κ3) is 3.07. The van der Waals surface area contributed by atoms with E-state index in [9.17, 15) is 0 Å². The molecule has 0 fully saturated rings. The Kier molecular flexibility index (Phi) is 3.36. The normalized spacial score (nSPS) is 10.7. The lowest BCUT2D eigenvalue weighted by atomic mass is 10.1. The Balaban J connectivity index is 1.59. The molecular formula is C14H14N4O. The largest absolute Gasteiger partial charge is 0.337 e. The zero-order chi connectivity index (χ0) is 12.9. The van der Waals surface area contributed by atoms with Gasteiger partial charge in [0.05, 0.1) is 6.33 Å². The summed E-state index contributed by atoms with van der Waals surface area (Å²) in [6.45, 7) is 0.568. The summed E-state index contributed by atoms with van der Waals surface area (Å²) in [5.74, 6) is 1.36. The van der Waals surface area contributed by atoms with Crippen molar-refractivity contribution in [3.8, 4) is 0 Å². The molecule has 0 unspecified atom stereocenters. The zero-order valence-corrected chi connectivity index (χ0v) is 10.4. The number of aromatic nitrogens is 4. The highest BCUT2D eigenvalue weighted by atomic mass is 16.5. The van der Waals surface area contributed by atoms with Crippen LogP contribution in [0.2, 0.25) is 0 Å². The molecule has 0 aliphatic rings. The Morgan fingerprint density at radius 2 is 2.00 bits per heavy atom. The van der Waals surface area contributed by atoms with Crippen molar-refractivity contribution in [1.82, 2.24) is 19.7 Å². The lowest BCUT2D eigenvalue weighted by molar-refractivity contribution is 0.366. The zero-order valence-electron chi connectivity index (χ0n) is 10.4. The topological polar surface area (TPSA) is 56.7 Å². The summed E-state index contributed by atoms with van der Waals surface area (Å²) >= 11 is 0. The summed E-state index contributed by atoms with van der Waals surface area (Å²) in [7, 11) is 0. The molecule has 0 aliphatic carbocycles. The van der Waals surface area contributed by atoms with Crippen LogP contribution in [0.1, 0.15) is 17.3 Å². The molecular weight excluding hydrogens is 240 g/mol. The summed E-state index contributed by atoms with van der Waals surface area (Å²) in [6, 6.07) is 10.3. The van der Waals surface area contributed by atoms with Gasteiger partial charge in [0.25, 0.3) is 0 Å². The van der Waals surface area contributed by atoms with E-state index < -0.39 is 0 Å². The SMILES string of the molecule is c1ccc(CCc2noc(Cn3ccnc3)n2)cc1. The summed E-state index contributed by atoms with van der Waals surface area (Å²) in [4.78, 5) is 8.35. The Bertz CT molecular complexity index is 616. The lowest BCUT2D eigenvalue weighted by Gasteiger charge is -1.96. The van der Waals surface area contributed by atoms with E-state index in [2.05, 4.69) is 27.3 Å². The predicted molar refractivity (Wildman–Crippen MR) is 69.5 cm³/mol. The third-order valence-corrected chi connectivity index (χ3v) is 2.87. The van der Waals surface area contributed by atoms with Crippen LogP contribution in [0, 0.1) is 0 Å². The van der Waals surface area contributed by atoms with Gasteiger partial charge in [-0.05, 0) is 12.0 Å². The first-order valence-corrected chi connectivity index (χ1v) is 6.21. The number of benzene rings is 1. The smallest absolute Gasteiger partial charge is 0.246 e. The van der Waals surface area contributed by atoms with Crippen LogP contribution in [0.15, 0.2) is 53.6 Å². The van der Waals surface area contributed by atoms with Gasteiger partial charge in [-0.2, -0.15) is 4.98 Å². The number of nitrogens with zero attached hydrogens (tertiary/aromatic N) is 4. The van der Waals surface area contributed by atoms with Crippen molar-refractivity contribution < 1.29 is 4.52 Å². The van der Waals surface area contributed by atoms with Crippen LogP contribution in [-0.4, -0.2) is 19.7 Å². The standard InChI is InChI=1S/C14H14N4O/c1-2-4-12(5-3-1)6-7-13-16-14(19-17-13)10-18-9-8-15-11-18/h1-5,8-9,11H,6-7,10H2. The van der Waals surface area contributed by atoms with E-state index in [0.29, 0.717) is 12.4 Å². The highest BCUT2D eigenvalue weighted by molar-refractivity contribution is 5.15. The molecule has 3 rings (SSSR count). The van der Waals surface area contributed by atoms with Crippen LogP contribution in [0.4, 0.5) is 0 Å². The monoisotopic (exact) mass is 254 g/mol. The highest BCUT2D eigenvalue weighted by Crippen LogP contribution is 2.06. The van der Waals surface area contributed by atoms with E-state index in [1.54, 1.807) is 12.5 Å². The van der Waals surface area contributed by atoms with Gasteiger partial charge in [-0.3, -0.25) is 0 Å². The summed E-state index contributed by atoms with van der Waals surface area (Å²) < 4.78 is 7.11. The van der Waals surface area contributed by atoms with Crippen LogP contribution < -0.4 is 0 Å². The summed E-state index contributed by atoms with van der Waals surface area (Å²) in [6.07, 6.45) is 7.04. The van der Waals surface area contributed by atoms with Crippen molar-refractivity contribution in [1.29, 1.82) is 0 Å². The molecule has 0 radical (unpaired) electrons. The molecule has 19 heavy (non-hydrogen) atoms. The van der Waals surface area contributed by atoms with Crippen molar-refractivity contribution in [3.05, 3.63) is 66.3 Å². The van der Waals surface area contributed by atoms with Crippen LogP contribution in [0.5, 0.6) is 0 Å². The van der Waals surface area contributed by atoms with Crippen LogP contribution in [0.3, 0.4) is 0 Å². The number of hydrogen-bond donors (Lipinski definition) is 0. The van der Waals surface area contributed by atoms with E-state index in [1.807, 2.05) is 29.0 Å². The molecule has 3 aromatic rings. The molecule has 0 bridgehead atoms. The van der Waals surface area contributed by atoms with Gasteiger partial charge in [0.2, 0.25) is 5.89 Å². The first-order chi connectivity index (χ1) is 9.40. The molecule has 0 N–H and O–H groups in total. The Hall–Kier alpha value is -2.43. The minimum Gasteiger partial charge on any atom is -0.337 e. The third-order valence-electron chi connectivity index (χ3n) is 2.87. The van der Waals surface area contributed by atoms with Crippen LogP contribution in [-0.2, 0) is 19.4 Å². The first-order valence-electron chi connectivity index (χ1n) is 6.21. The van der Waals surface area contributed by atoms with E-state index in [0.717, 1.165) is 18.7 Å². The first kappa shape index (κ1) is 11.6. The van der Waals surface area contributed by atoms with E-state index in [1.165, 1.54) is 5.56 Å². The Labute approximate surface area is 110 Å². The number of hydrogen-bond acceptors (Lipinski definition) is 4. The maximum Gasteiger partial charge on any atom is 0.246 e. The molecule has 0 saturated heterocycles. The summed E-state index contributed by atoms with van der Waals surface area (Å²) in [5, 5.41) is 3.99. The van der Waals surface area contributed by atoms with Crippen molar-refractivity contribution in [2.75, 3.05) is 0 Å². The molecule has 5 heteroatoms. The quantitative estimate of drug-likeness (QED) is 0.699. The van der Waals surface area contributed by atoms with E-state index in [-0.39, 0.29) is 0 Å². The number of imidazole rings is 1. The molecule has 2 heterocycles. The van der Waals surface area contributed by atoms with Gasteiger partial charge >= 0.3 is 0 Å². The Morgan fingerprint density at radius 1 is 1.11 bits per heavy atom. The molecule has 0 spiro atoms. The Morgan fingerprint density at radius 3 is 2.79 bits per heavy atom. The van der Waals surface area contributed by atoms with Gasteiger partial charge in [-0.1, -0.05) is 35.5 Å².